The van der Waals surface area contributed by atoms with Crippen molar-refractivity contribution >= 4 is 38.2 Å². The monoisotopic (exact) mass is 472 g/mol. The molecule has 0 bridgehead atoms. The highest BCUT2D eigenvalue weighted by atomic mass is 32.2. The quantitative estimate of drug-likeness (QED) is 0.439. The molecule has 1 aliphatic heterocycles. The van der Waals surface area contributed by atoms with E-state index in [0.717, 1.165) is 22.7 Å². The number of halogens is 1. The van der Waals surface area contributed by atoms with E-state index in [1.807, 2.05) is 0 Å². The van der Waals surface area contributed by atoms with Gasteiger partial charge in [0.2, 0.25) is 5.91 Å². The number of rotatable bonds is 5. The fraction of sp³-hybridized carbons (Fsp3) is 0.227. The zero-order valence-corrected chi connectivity index (χ0v) is 18.7. The van der Waals surface area contributed by atoms with Crippen LogP contribution < -0.4 is 0 Å². The van der Waals surface area contributed by atoms with E-state index in [9.17, 15) is 17.6 Å². The molecule has 0 radical (unpaired) electrons. The van der Waals surface area contributed by atoms with Gasteiger partial charge in [0.1, 0.15) is 28.9 Å². The molecule has 0 saturated heterocycles. The summed E-state index contributed by atoms with van der Waals surface area (Å²) in [5.41, 5.74) is 2.39. The number of sulfone groups is 1. The molecule has 4 aromatic rings. The first-order valence-electron chi connectivity index (χ1n) is 9.97. The van der Waals surface area contributed by atoms with Crippen LogP contribution in [-0.4, -0.2) is 33.1 Å². The average Bonchev–Trinajstić information content (AvgIpc) is 3.51. The molecule has 0 unspecified atom stereocenters. The predicted octanol–water partition coefficient (Wildman–Crippen LogP) is 3.96. The summed E-state index contributed by atoms with van der Waals surface area (Å²) in [6.07, 6.45) is 3.06. The van der Waals surface area contributed by atoms with Gasteiger partial charge in [-0.25, -0.2) is 17.8 Å². The van der Waals surface area contributed by atoms with Crippen LogP contribution in [0.4, 0.5) is 4.39 Å². The topological polar surface area (TPSA) is 85.2 Å². The van der Waals surface area contributed by atoms with Crippen LogP contribution in [0.5, 0.6) is 0 Å². The van der Waals surface area contributed by atoms with Gasteiger partial charge in [-0.2, -0.15) is 4.37 Å². The molecule has 1 aliphatic rings. The van der Waals surface area contributed by atoms with Gasteiger partial charge in [0.05, 0.1) is 10.4 Å². The van der Waals surface area contributed by atoms with Crippen LogP contribution >= 0.6 is 11.5 Å². The highest BCUT2D eigenvalue weighted by molar-refractivity contribution is 7.90. The maximum Gasteiger partial charge on any atom is 0.245 e. The zero-order valence-electron chi connectivity index (χ0n) is 17.1. The Kier molecular flexibility index (Phi) is 5.06. The Hall–Kier alpha value is -3.11. The molecule has 32 heavy (non-hydrogen) atoms. The Morgan fingerprint density at radius 1 is 1.22 bits per heavy atom. The van der Waals surface area contributed by atoms with Crippen molar-refractivity contribution in [1.29, 1.82) is 0 Å². The Labute approximate surface area is 189 Å². The van der Waals surface area contributed by atoms with Gasteiger partial charge in [-0.1, -0.05) is 12.1 Å². The standard InChI is InChI=1S/C22H19FN4O3S2.H2/c1-14(27-8-7-18-19(23)3-2-4-20(18)27)22(28)26-10-15-5-6-17(9-16(15)11-26)32(29,30)12-21-24-13-25-31-21;/h2-9,13-14H,10-12H2,1H3;1H/t14-;/m0./s1. The summed E-state index contributed by atoms with van der Waals surface area (Å²) < 4.78 is 45.2. The van der Waals surface area contributed by atoms with Crippen molar-refractivity contribution in [3.63, 3.8) is 0 Å². The van der Waals surface area contributed by atoms with E-state index >= 15 is 0 Å². The number of aromatic nitrogens is 3. The summed E-state index contributed by atoms with van der Waals surface area (Å²) in [6.45, 7) is 2.52. The van der Waals surface area contributed by atoms with E-state index in [2.05, 4.69) is 9.36 Å². The molecule has 10 heteroatoms. The van der Waals surface area contributed by atoms with Crippen molar-refractivity contribution in [1.82, 2.24) is 18.8 Å². The second-order valence-electron chi connectivity index (χ2n) is 7.79. The molecule has 1 atom stereocenters. The normalized spacial score (nSPS) is 14.6. The lowest BCUT2D eigenvalue weighted by molar-refractivity contribution is -0.134. The first-order chi connectivity index (χ1) is 15.3. The summed E-state index contributed by atoms with van der Waals surface area (Å²) in [6, 6.07) is 10.9. The smallest absolute Gasteiger partial charge is 0.245 e. The molecule has 5 rings (SSSR count). The van der Waals surface area contributed by atoms with Gasteiger partial charge in [-0.05, 0) is 59.9 Å². The number of fused-ring (bicyclic) bond motifs is 2. The van der Waals surface area contributed by atoms with E-state index in [-0.39, 0.29) is 23.8 Å². The first kappa shape index (κ1) is 20.8. The van der Waals surface area contributed by atoms with Gasteiger partial charge in [-0.3, -0.25) is 4.79 Å². The van der Waals surface area contributed by atoms with Crippen molar-refractivity contribution in [2.24, 2.45) is 0 Å². The fourth-order valence-corrected chi connectivity index (χ4v) is 6.25. The van der Waals surface area contributed by atoms with Gasteiger partial charge >= 0.3 is 0 Å². The molecule has 0 N–H and O–H groups in total. The number of amides is 1. The van der Waals surface area contributed by atoms with E-state index in [1.54, 1.807) is 59.0 Å². The lowest BCUT2D eigenvalue weighted by atomic mass is 10.1. The third kappa shape index (κ3) is 3.59. The summed E-state index contributed by atoms with van der Waals surface area (Å²) in [5, 5.41) is 0.911. The van der Waals surface area contributed by atoms with Crippen LogP contribution in [0.15, 0.2) is 59.9 Å². The molecule has 0 saturated carbocycles. The minimum Gasteiger partial charge on any atom is -0.335 e. The maximum absolute atomic E-state index is 14.0. The summed E-state index contributed by atoms with van der Waals surface area (Å²) in [7, 11) is -3.56. The number of benzene rings is 2. The fourth-order valence-electron chi connectivity index (χ4n) is 4.10. The minimum absolute atomic E-state index is 0. The van der Waals surface area contributed by atoms with Crippen molar-refractivity contribution < 1.29 is 19.0 Å². The van der Waals surface area contributed by atoms with E-state index in [4.69, 9.17) is 0 Å². The molecule has 2 aromatic heterocycles. The SMILES string of the molecule is C[C@@H](C(=O)N1Cc2ccc(S(=O)(=O)Cc3ncns3)cc2C1)n1ccc2c(F)cccc21.[HH]. The summed E-state index contributed by atoms with van der Waals surface area (Å²) >= 11 is 1.06. The third-order valence-electron chi connectivity index (χ3n) is 5.78. The largest absolute Gasteiger partial charge is 0.335 e. The molecule has 0 aliphatic carbocycles. The molecule has 0 fully saturated rings. The Balaban J connectivity index is 0.00000259. The van der Waals surface area contributed by atoms with E-state index in [1.165, 1.54) is 12.4 Å². The van der Waals surface area contributed by atoms with Crippen LogP contribution in [0, 0.1) is 5.82 Å². The second-order valence-corrected chi connectivity index (χ2v) is 10.6. The van der Waals surface area contributed by atoms with Crippen LogP contribution in [-0.2, 0) is 33.5 Å². The van der Waals surface area contributed by atoms with Crippen LogP contribution in [0.1, 0.15) is 30.5 Å². The van der Waals surface area contributed by atoms with Crippen molar-refractivity contribution in [2.75, 3.05) is 0 Å². The highest BCUT2D eigenvalue weighted by Crippen LogP contribution is 2.30. The number of carbonyl (C=O) groups is 1. The maximum atomic E-state index is 14.0. The number of nitrogens with zero attached hydrogens (tertiary/aromatic N) is 4. The Morgan fingerprint density at radius 3 is 2.81 bits per heavy atom. The lowest BCUT2D eigenvalue weighted by Crippen LogP contribution is -2.32. The summed E-state index contributed by atoms with van der Waals surface area (Å²) in [4.78, 5) is 19.1. The van der Waals surface area contributed by atoms with Crippen LogP contribution in [0.3, 0.4) is 0 Å². The molecule has 1 amide bonds. The number of carbonyl (C=O) groups excluding carboxylic acids is 1. The number of hydrogen-bond donors (Lipinski definition) is 0. The van der Waals surface area contributed by atoms with Crippen molar-refractivity contribution in [2.45, 2.75) is 36.7 Å². The third-order valence-corrected chi connectivity index (χ3v) is 8.24. The van der Waals surface area contributed by atoms with Crippen molar-refractivity contribution in [3.8, 4) is 0 Å². The zero-order chi connectivity index (χ0) is 22.5. The van der Waals surface area contributed by atoms with Crippen LogP contribution in [0.25, 0.3) is 10.9 Å². The van der Waals surface area contributed by atoms with E-state index in [0.29, 0.717) is 29.0 Å². The Bertz CT molecular complexity index is 1440. The molecule has 166 valence electrons. The summed E-state index contributed by atoms with van der Waals surface area (Å²) in [5.74, 6) is -0.633. The molecule has 2 aromatic carbocycles. The predicted molar refractivity (Wildman–Crippen MR) is 120 cm³/mol. The number of hydrogen-bond acceptors (Lipinski definition) is 6. The van der Waals surface area contributed by atoms with E-state index < -0.39 is 15.9 Å². The lowest BCUT2D eigenvalue weighted by Gasteiger charge is -2.22. The minimum atomic E-state index is -3.56. The van der Waals surface area contributed by atoms with Crippen molar-refractivity contribution in [3.05, 3.63) is 76.9 Å². The van der Waals surface area contributed by atoms with Gasteiger partial charge < -0.3 is 9.47 Å². The average molecular weight is 473 g/mol. The Morgan fingerprint density at radius 2 is 2.03 bits per heavy atom. The molecular weight excluding hydrogens is 451 g/mol. The van der Waals surface area contributed by atoms with Gasteiger partial charge in [0.25, 0.3) is 0 Å². The molecule has 0 spiro atoms. The van der Waals surface area contributed by atoms with Gasteiger partial charge in [0, 0.05) is 26.1 Å². The second kappa shape index (κ2) is 7.79. The van der Waals surface area contributed by atoms with Gasteiger partial charge in [-0.15, -0.1) is 0 Å². The van der Waals surface area contributed by atoms with Gasteiger partial charge in [0.15, 0.2) is 9.84 Å². The first-order valence-corrected chi connectivity index (χ1v) is 12.4. The van der Waals surface area contributed by atoms with Crippen LogP contribution in [0.2, 0.25) is 0 Å². The molecular formula is C22H21FN4O3S2. The molecule has 7 nitrogen and oxygen atoms in total. The highest BCUT2D eigenvalue weighted by Gasteiger charge is 2.29. The molecule has 3 heterocycles.